The van der Waals surface area contributed by atoms with Crippen molar-refractivity contribution in [2.24, 2.45) is 0 Å². The standard InChI is InChI=1S/C26H43ClO2Si/c1-12-24(29-30(9,10)11)20(8)16-28-25(15-27)26-22(18(4)5)13-21(17(2)3)14-23(26)19(6)7/h12-14,16-19,25H,15H2,1-11H3/b20-16+,24-12-. The molecular formula is C26H43ClO2Si. The molecule has 0 spiro atoms. The molecule has 0 aliphatic carbocycles. The first kappa shape index (κ1) is 26.8. The Kier molecular flexibility index (Phi) is 10.2. The third kappa shape index (κ3) is 7.49. The van der Waals surface area contributed by atoms with Crippen molar-refractivity contribution in [2.75, 3.05) is 5.88 Å². The van der Waals surface area contributed by atoms with E-state index in [9.17, 15) is 0 Å². The fraction of sp³-hybridized carbons (Fsp3) is 0.615. The molecule has 0 aliphatic heterocycles. The van der Waals surface area contributed by atoms with Crippen molar-refractivity contribution < 1.29 is 9.16 Å². The molecule has 0 fully saturated rings. The van der Waals surface area contributed by atoms with Gasteiger partial charge in [-0.25, -0.2) is 0 Å². The summed E-state index contributed by atoms with van der Waals surface area (Å²) in [5, 5.41) is 0. The van der Waals surface area contributed by atoms with Crippen LogP contribution in [0.15, 0.2) is 35.8 Å². The van der Waals surface area contributed by atoms with Gasteiger partial charge in [-0.05, 0) is 74.0 Å². The van der Waals surface area contributed by atoms with Gasteiger partial charge in [0, 0.05) is 11.1 Å². The van der Waals surface area contributed by atoms with Gasteiger partial charge in [0.15, 0.2) is 0 Å². The van der Waals surface area contributed by atoms with Crippen LogP contribution in [-0.4, -0.2) is 14.2 Å². The summed E-state index contributed by atoms with van der Waals surface area (Å²) >= 11 is 6.47. The molecule has 2 nitrogen and oxygen atoms in total. The summed E-state index contributed by atoms with van der Waals surface area (Å²) in [7, 11) is -1.69. The van der Waals surface area contributed by atoms with Crippen LogP contribution in [0.5, 0.6) is 0 Å². The number of ether oxygens (including phenoxy) is 1. The SMILES string of the molecule is C/C=C(O[Si](C)(C)C)/C(C)=C/OC(CCl)c1c(C(C)C)cc(C(C)C)cc1C(C)C. The van der Waals surface area contributed by atoms with E-state index in [4.69, 9.17) is 20.8 Å². The van der Waals surface area contributed by atoms with E-state index in [1.54, 1.807) is 0 Å². The molecule has 0 aliphatic rings. The molecule has 0 amide bonds. The van der Waals surface area contributed by atoms with Gasteiger partial charge in [-0.15, -0.1) is 11.6 Å². The molecule has 1 rings (SSSR count). The largest absolute Gasteiger partial charge is 0.544 e. The Bertz CT molecular complexity index is 726. The highest BCUT2D eigenvalue weighted by molar-refractivity contribution is 6.70. The van der Waals surface area contributed by atoms with Crippen LogP contribution >= 0.6 is 11.6 Å². The molecule has 0 N–H and O–H groups in total. The van der Waals surface area contributed by atoms with E-state index in [1.165, 1.54) is 22.3 Å². The van der Waals surface area contributed by atoms with Crippen molar-refractivity contribution in [3.8, 4) is 0 Å². The average molecular weight is 451 g/mol. The van der Waals surface area contributed by atoms with Gasteiger partial charge in [0.1, 0.15) is 11.9 Å². The zero-order chi connectivity index (χ0) is 23.2. The second-order valence-electron chi connectivity index (χ2n) is 10.0. The lowest BCUT2D eigenvalue weighted by molar-refractivity contribution is 0.162. The summed E-state index contributed by atoms with van der Waals surface area (Å²) in [4.78, 5) is 0. The number of allylic oxidation sites excluding steroid dienone is 2. The molecule has 0 saturated carbocycles. The van der Waals surface area contributed by atoms with E-state index in [-0.39, 0.29) is 6.10 Å². The van der Waals surface area contributed by atoms with Gasteiger partial charge in [0.25, 0.3) is 0 Å². The molecule has 1 unspecified atom stereocenters. The molecule has 0 heterocycles. The quantitative estimate of drug-likeness (QED) is 0.153. The van der Waals surface area contributed by atoms with Crippen LogP contribution in [0, 0.1) is 0 Å². The molecule has 0 radical (unpaired) electrons. The summed E-state index contributed by atoms with van der Waals surface area (Å²) < 4.78 is 12.5. The first-order valence-corrected chi connectivity index (χ1v) is 15.2. The zero-order valence-corrected chi connectivity index (χ0v) is 22.8. The minimum Gasteiger partial charge on any atom is -0.544 e. The summed E-state index contributed by atoms with van der Waals surface area (Å²) in [6, 6.07) is 4.70. The number of hydrogen-bond donors (Lipinski definition) is 0. The van der Waals surface area contributed by atoms with Crippen molar-refractivity contribution in [1.29, 1.82) is 0 Å². The van der Waals surface area contributed by atoms with Crippen LogP contribution in [0.4, 0.5) is 0 Å². The lowest BCUT2D eigenvalue weighted by Crippen LogP contribution is -2.25. The van der Waals surface area contributed by atoms with Crippen LogP contribution in [-0.2, 0) is 9.16 Å². The van der Waals surface area contributed by atoms with Gasteiger partial charge in [-0.1, -0.05) is 53.7 Å². The van der Waals surface area contributed by atoms with Gasteiger partial charge in [0.05, 0.1) is 12.1 Å². The van der Waals surface area contributed by atoms with Crippen LogP contribution in [0.25, 0.3) is 0 Å². The van der Waals surface area contributed by atoms with Crippen molar-refractivity contribution in [1.82, 2.24) is 0 Å². The van der Waals surface area contributed by atoms with Crippen molar-refractivity contribution >= 4 is 19.9 Å². The molecule has 1 atom stereocenters. The minimum absolute atomic E-state index is 0.192. The predicted octanol–water partition coefficient (Wildman–Crippen LogP) is 9.01. The molecule has 1 aromatic rings. The first-order valence-electron chi connectivity index (χ1n) is 11.2. The van der Waals surface area contributed by atoms with E-state index >= 15 is 0 Å². The lowest BCUT2D eigenvalue weighted by atomic mass is 9.82. The Balaban J connectivity index is 3.42. The maximum atomic E-state index is 6.47. The molecule has 0 saturated heterocycles. The number of alkyl halides is 1. The molecule has 30 heavy (non-hydrogen) atoms. The lowest BCUT2D eigenvalue weighted by Gasteiger charge is -2.28. The number of hydrogen-bond acceptors (Lipinski definition) is 2. The second-order valence-corrected chi connectivity index (χ2v) is 14.8. The third-order valence-corrected chi connectivity index (χ3v) is 6.23. The predicted molar refractivity (Wildman–Crippen MR) is 135 cm³/mol. The molecule has 0 bridgehead atoms. The van der Waals surface area contributed by atoms with E-state index in [1.807, 2.05) is 26.2 Å². The van der Waals surface area contributed by atoms with Crippen LogP contribution < -0.4 is 0 Å². The fourth-order valence-electron chi connectivity index (χ4n) is 3.50. The van der Waals surface area contributed by atoms with E-state index in [2.05, 4.69) is 73.3 Å². The van der Waals surface area contributed by atoms with Crippen molar-refractivity contribution in [3.05, 3.63) is 58.1 Å². The highest BCUT2D eigenvalue weighted by atomic mass is 35.5. The van der Waals surface area contributed by atoms with E-state index in [0.29, 0.717) is 23.6 Å². The van der Waals surface area contributed by atoms with E-state index < -0.39 is 8.32 Å². The number of rotatable bonds is 10. The Morgan fingerprint density at radius 3 is 1.80 bits per heavy atom. The number of benzene rings is 1. The average Bonchev–Trinajstić information content (AvgIpc) is 2.64. The molecule has 4 heteroatoms. The highest BCUT2D eigenvalue weighted by Crippen LogP contribution is 2.38. The van der Waals surface area contributed by atoms with Crippen LogP contribution in [0.2, 0.25) is 19.6 Å². The van der Waals surface area contributed by atoms with E-state index in [0.717, 1.165) is 11.3 Å². The third-order valence-electron chi connectivity index (χ3n) is 5.12. The Hall–Kier alpha value is -1.19. The maximum Gasteiger partial charge on any atom is 0.242 e. The fourth-order valence-corrected chi connectivity index (χ4v) is 4.67. The molecule has 1 aromatic carbocycles. The van der Waals surface area contributed by atoms with Gasteiger partial charge in [-0.2, -0.15) is 0 Å². The van der Waals surface area contributed by atoms with Crippen molar-refractivity contribution in [2.45, 2.75) is 98.9 Å². The van der Waals surface area contributed by atoms with Gasteiger partial charge < -0.3 is 9.16 Å². The molecular weight excluding hydrogens is 408 g/mol. The number of halogens is 1. The van der Waals surface area contributed by atoms with Crippen LogP contribution in [0.1, 0.15) is 102 Å². The highest BCUT2D eigenvalue weighted by Gasteiger charge is 2.24. The Morgan fingerprint density at radius 2 is 1.47 bits per heavy atom. The second kappa shape index (κ2) is 11.4. The zero-order valence-electron chi connectivity index (χ0n) is 21.0. The Morgan fingerprint density at radius 1 is 0.967 bits per heavy atom. The minimum atomic E-state index is -1.69. The van der Waals surface area contributed by atoms with Gasteiger partial charge in [0.2, 0.25) is 8.32 Å². The smallest absolute Gasteiger partial charge is 0.242 e. The van der Waals surface area contributed by atoms with Crippen LogP contribution in [0.3, 0.4) is 0 Å². The summed E-state index contributed by atoms with van der Waals surface area (Å²) in [5.74, 6) is 2.59. The normalized spacial score (nSPS) is 14.6. The topological polar surface area (TPSA) is 18.5 Å². The maximum absolute atomic E-state index is 6.47. The van der Waals surface area contributed by atoms with Gasteiger partial charge in [-0.3, -0.25) is 0 Å². The molecule has 0 aromatic heterocycles. The first-order chi connectivity index (χ1) is 13.8. The summed E-state index contributed by atoms with van der Waals surface area (Å²) in [6.07, 6.45) is 3.65. The van der Waals surface area contributed by atoms with Gasteiger partial charge >= 0.3 is 0 Å². The monoisotopic (exact) mass is 450 g/mol. The summed E-state index contributed by atoms with van der Waals surface area (Å²) in [5.41, 5.74) is 6.30. The molecule has 170 valence electrons. The van der Waals surface area contributed by atoms with Crippen molar-refractivity contribution in [3.63, 3.8) is 0 Å². The Labute approximate surface area is 191 Å². The summed E-state index contributed by atoms with van der Waals surface area (Å²) in [6.45, 7) is 24.1.